The van der Waals surface area contributed by atoms with Crippen LogP contribution < -0.4 is 14.9 Å². The number of aromatic hydroxyl groups is 1. The normalized spacial score (nSPS) is 12.8. The Morgan fingerprint density at radius 2 is 1.65 bits per heavy atom. The molecule has 7 nitrogen and oxygen atoms in total. The van der Waals surface area contributed by atoms with E-state index in [1.807, 2.05) is 18.2 Å². The third-order valence-electron chi connectivity index (χ3n) is 4.92. The summed E-state index contributed by atoms with van der Waals surface area (Å²) in [7, 11) is -3.68. The molecule has 0 fully saturated rings. The third-order valence-corrected chi connectivity index (χ3v) is 6.95. The van der Waals surface area contributed by atoms with Gasteiger partial charge in [-0.25, -0.2) is 8.42 Å². The van der Waals surface area contributed by atoms with Crippen LogP contribution in [0.3, 0.4) is 0 Å². The number of anilines is 2. The monoisotopic (exact) mass is 453 g/mol. The van der Waals surface area contributed by atoms with Crippen LogP contribution in [-0.2, 0) is 16.4 Å². The van der Waals surface area contributed by atoms with Gasteiger partial charge in [0.25, 0.3) is 15.9 Å². The lowest BCUT2D eigenvalue weighted by molar-refractivity contribution is 0.0975. The molecule has 0 saturated heterocycles. The van der Waals surface area contributed by atoms with E-state index in [-0.39, 0.29) is 21.3 Å². The summed E-state index contributed by atoms with van der Waals surface area (Å²) in [4.78, 5) is 12.4. The molecule has 0 aliphatic carbocycles. The maximum Gasteiger partial charge on any atom is 0.264 e. The van der Waals surface area contributed by atoms with Crippen LogP contribution >= 0.6 is 12.2 Å². The molecule has 158 valence electrons. The largest absolute Gasteiger partial charge is 0.507 e. The first-order valence-corrected chi connectivity index (χ1v) is 11.3. The first-order chi connectivity index (χ1) is 14.9. The molecule has 3 N–H and O–H groups in total. The van der Waals surface area contributed by atoms with Crippen molar-refractivity contribution in [3.05, 3.63) is 83.9 Å². The Balaban J connectivity index is 1.44. The Hall–Kier alpha value is -3.43. The highest BCUT2D eigenvalue weighted by Gasteiger charge is 2.30. The van der Waals surface area contributed by atoms with Gasteiger partial charge in [0, 0.05) is 12.2 Å². The van der Waals surface area contributed by atoms with E-state index in [9.17, 15) is 18.3 Å². The van der Waals surface area contributed by atoms with Crippen molar-refractivity contribution in [2.45, 2.75) is 11.3 Å². The summed E-state index contributed by atoms with van der Waals surface area (Å²) >= 11 is 5.14. The number of carbonyl (C=O) groups excluding carboxylic acids is 1. The summed E-state index contributed by atoms with van der Waals surface area (Å²) in [5, 5.41) is 15.1. The van der Waals surface area contributed by atoms with Gasteiger partial charge in [0.15, 0.2) is 5.11 Å². The summed E-state index contributed by atoms with van der Waals surface area (Å²) in [6.45, 7) is 0.407. The van der Waals surface area contributed by atoms with Crippen molar-refractivity contribution in [3.63, 3.8) is 0 Å². The number of hydrogen-bond acceptors (Lipinski definition) is 5. The van der Waals surface area contributed by atoms with Crippen molar-refractivity contribution in [3.8, 4) is 5.75 Å². The van der Waals surface area contributed by atoms with Crippen LogP contribution in [0.2, 0.25) is 0 Å². The molecule has 1 aliphatic rings. The number of thiocarbonyl (C=S) groups is 1. The van der Waals surface area contributed by atoms with Crippen molar-refractivity contribution in [2.75, 3.05) is 16.2 Å². The van der Waals surface area contributed by atoms with Crippen molar-refractivity contribution < 1.29 is 18.3 Å². The predicted octanol–water partition coefficient (Wildman–Crippen LogP) is 3.27. The van der Waals surface area contributed by atoms with E-state index in [4.69, 9.17) is 12.2 Å². The molecule has 0 aromatic heterocycles. The number of carbonyl (C=O) groups is 1. The molecule has 3 aromatic rings. The van der Waals surface area contributed by atoms with E-state index < -0.39 is 15.9 Å². The maximum atomic E-state index is 13.1. The zero-order chi connectivity index (χ0) is 22.0. The summed E-state index contributed by atoms with van der Waals surface area (Å²) in [6.07, 6.45) is 0.681. The van der Waals surface area contributed by atoms with Gasteiger partial charge in [0.05, 0.1) is 16.1 Å². The number of sulfonamides is 1. The molecule has 31 heavy (non-hydrogen) atoms. The molecule has 9 heteroatoms. The molecule has 1 heterocycles. The second kappa shape index (κ2) is 8.37. The zero-order valence-corrected chi connectivity index (χ0v) is 17.9. The quantitative estimate of drug-likeness (QED) is 0.525. The average molecular weight is 454 g/mol. The van der Waals surface area contributed by atoms with E-state index >= 15 is 0 Å². The Morgan fingerprint density at radius 1 is 0.968 bits per heavy atom. The second-order valence-electron chi connectivity index (χ2n) is 6.91. The van der Waals surface area contributed by atoms with Gasteiger partial charge in [-0.05, 0) is 66.7 Å². The van der Waals surface area contributed by atoms with Crippen LogP contribution in [0.15, 0.2) is 77.7 Å². The Labute approximate surface area is 185 Å². The van der Waals surface area contributed by atoms with Gasteiger partial charge in [0.2, 0.25) is 0 Å². The van der Waals surface area contributed by atoms with Gasteiger partial charge in [-0.15, -0.1) is 0 Å². The van der Waals surface area contributed by atoms with Gasteiger partial charge >= 0.3 is 0 Å². The molecular formula is C22H19N3O4S2. The molecule has 3 aromatic carbocycles. The molecular weight excluding hydrogens is 434 g/mol. The van der Waals surface area contributed by atoms with Crippen molar-refractivity contribution in [2.24, 2.45) is 0 Å². The number of rotatable bonds is 4. The number of nitrogens with one attached hydrogen (secondary N) is 2. The van der Waals surface area contributed by atoms with Crippen molar-refractivity contribution in [1.29, 1.82) is 0 Å². The number of phenols is 1. The van der Waals surface area contributed by atoms with Crippen LogP contribution in [-0.4, -0.2) is 31.1 Å². The smallest absolute Gasteiger partial charge is 0.264 e. The minimum atomic E-state index is -3.68. The minimum Gasteiger partial charge on any atom is -0.507 e. The molecule has 1 amide bonds. The van der Waals surface area contributed by atoms with Crippen molar-refractivity contribution in [1.82, 2.24) is 5.32 Å². The molecule has 0 saturated carbocycles. The first kappa shape index (κ1) is 20.8. The van der Waals surface area contributed by atoms with Crippen LogP contribution in [0.25, 0.3) is 0 Å². The fourth-order valence-corrected chi connectivity index (χ4v) is 5.11. The number of nitrogens with zero attached hydrogens (tertiary/aromatic N) is 1. The molecule has 4 rings (SSSR count). The summed E-state index contributed by atoms with van der Waals surface area (Å²) in [6, 6.07) is 19.7. The molecule has 0 bridgehead atoms. The highest BCUT2D eigenvalue weighted by Crippen LogP contribution is 2.32. The second-order valence-corrected chi connectivity index (χ2v) is 9.18. The lowest BCUT2D eigenvalue weighted by atomic mass is 10.2. The number of para-hydroxylation sites is 2. The van der Waals surface area contributed by atoms with Crippen LogP contribution in [0, 0.1) is 0 Å². The molecule has 0 spiro atoms. The van der Waals surface area contributed by atoms with Gasteiger partial charge in [-0.3, -0.25) is 14.4 Å². The summed E-state index contributed by atoms with van der Waals surface area (Å²) in [5.74, 6) is -0.705. The highest BCUT2D eigenvalue weighted by molar-refractivity contribution is 7.92. The van der Waals surface area contributed by atoms with E-state index in [0.29, 0.717) is 24.3 Å². The van der Waals surface area contributed by atoms with Gasteiger partial charge in [-0.1, -0.05) is 30.3 Å². The van der Waals surface area contributed by atoms with Crippen LogP contribution in [0.4, 0.5) is 11.4 Å². The van der Waals surface area contributed by atoms with Gasteiger partial charge < -0.3 is 10.4 Å². The molecule has 0 radical (unpaired) electrons. The average Bonchev–Trinajstić information content (AvgIpc) is 3.19. The summed E-state index contributed by atoms with van der Waals surface area (Å²) < 4.78 is 27.5. The standard InChI is InChI=1S/C22H19N3O4S2/c26-20-8-4-2-6-18(20)21(27)24-22(30)23-16-9-11-17(12-10-16)31(28,29)25-14-13-15-5-1-3-7-19(15)25/h1-12,26H,13-14H2,(H2,23,24,27,30). The SMILES string of the molecule is O=C(NC(=S)Nc1ccc(S(=O)(=O)N2CCc3ccccc32)cc1)c1ccccc1O. The number of amides is 1. The molecule has 1 aliphatic heterocycles. The number of phenolic OH excluding ortho intramolecular Hbond substituents is 1. The molecule has 0 atom stereocenters. The van der Waals surface area contributed by atoms with E-state index in [2.05, 4.69) is 10.6 Å². The lowest BCUT2D eigenvalue weighted by Crippen LogP contribution is -2.34. The summed E-state index contributed by atoms with van der Waals surface area (Å²) in [5.41, 5.74) is 2.33. The Kier molecular flexibility index (Phi) is 5.62. The van der Waals surface area contributed by atoms with Gasteiger partial charge in [-0.2, -0.15) is 0 Å². The fraction of sp³-hybridized carbons (Fsp3) is 0.0909. The third kappa shape index (κ3) is 4.23. The van der Waals surface area contributed by atoms with E-state index in [1.54, 1.807) is 30.3 Å². The minimum absolute atomic E-state index is 0.0253. The number of benzene rings is 3. The maximum absolute atomic E-state index is 13.1. The fourth-order valence-electron chi connectivity index (χ4n) is 3.39. The Morgan fingerprint density at radius 3 is 2.39 bits per heavy atom. The van der Waals surface area contributed by atoms with Crippen LogP contribution in [0.5, 0.6) is 5.75 Å². The topological polar surface area (TPSA) is 98.7 Å². The highest BCUT2D eigenvalue weighted by atomic mass is 32.2. The lowest BCUT2D eigenvalue weighted by Gasteiger charge is -2.19. The molecule has 0 unspecified atom stereocenters. The zero-order valence-electron chi connectivity index (χ0n) is 16.3. The van der Waals surface area contributed by atoms with E-state index in [1.165, 1.54) is 28.6 Å². The number of fused-ring (bicyclic) bond motifs is 1. The first-order valence-electron chi connectivity index (χ1n) is 9.47. The van der Waals surface area contributed by atoms with Gasteiger partial charge in [0.1, 0.15) is 5.75 Å². The van der Waals surface area contributed by atoms with E-state index in [0.717, 1.165) is 5.56 Å². The van der Waals surface area contributed by atoms with Crippen LogP contribution in [0.1, 0.15) is 15.9 Å². The predicted molar refractivity (Wildman–Crippen MR) is 123 cm³/mol. The van der Waals surface area contributed by atoms with Crippen molar-refractivity contribution >= 4 is 44.6 Å². The number of hydrogen-bond donors (Lipinski definition) is 3. The Bertz CT molecular complexity index is 1260.